The van der Waals surface area contributed by atoms with Crippen LogP contribution in [0.5, 0.6) is 0 Å². The minimum Gasteiger partial charge on any atom is -0.309 e. The Balaban J connectivity index is 1.23. The number of rotatable bonds is 6. The first kappa shape index (κ1) is 29.5. The van der Waals surface area contributed by atoms with Crippen LogP contribution in [0.3, 0.4) is 0 Å². The lowest BCUT2D eigenvalue weighted by Crippen LogP contribution is -2.10. The molecule has 0 aliphatic rings. The Labute approximate surface area is 300 Å². The first-order valence-corrected chi connectivity index (χ1v) is 18.2. The van der Waals surface area contributed by atoms with Crippen molar-refractivity contribution >= 4 is 70.4 Å². The number of nitrogens with zero attached hydrogens (tertiary/aromatic N) is 2. The van der Waals surface area contributed by atoms with Crippen LogP contribution in [-0.4, -0.2) is 4.57 Å². The zero-order chi connectivity index (χ0) is 33.7. The second kappa shape index (κ2) is 12.2. The molecule has 51 heavy (non-hydrogen) atoms. The van der Waals surface area contributed by atoms with Crippen LogP contribution >= 0.6 is 11.3 Å². The van der Waals surface area contributed by atoms with Gasteiger partial charge in [0.1, 0.15) is 0 Å². The molecule has 0 atom stereocenters. The van der Waals surface area contributed by atoms with Crippen molar-refractivity contribution in [2.45, 2.75) is 0 Å². The van der Waals surface area contributed by atoms with Gasteiger partial charge in [-0.05, 0) is 76.9 Å². The van der Waals surface area contributed by atoms with Crippen LogP contribution in [0.15, 0.2) is 194 Å². The van der Waals surface area contributed by atoms with E-state index in [-0.39, 0.29) is 0 Å². The normalized spacial score (nSPS) is 11.5. The fourth-order valence-corrected chi connectivity index (χ4v) is 8.96. The molecular formula is C48H32N2S. The highest BCUT2D eigenvalue weighted by molar-refractivity contribution is 7.26. The molecule has 10 aromatic rings. The number of fused-ring (bicyclic) bond motifs is 6. The van der Waals surface area contributed by atoms with E-state index < -0.39 is 0 Å². The molecule has 240 valence electrons. The largest absolute Gasteiger partial charge is 0.309 e. The van der Waals surface area contributed by atoms with Crippen molar-refractivity contribution < 1.29 is 0 Å². The highest BCUT2D eigenvalue weighted by Crippen LogP contribution is 2.48. The molecule has 0 N–H and O–H groups in total. The van der Waals surface area contributed by atoms with Crippen LogP contribution in [-0.2, 0) is 0 Å². The third kappa shape index (κ3) is 4.85. The number of anilines is 3. The number of hydrogen-bond acceptors (Lipinski definition) is 2. The average Bonchev–Trinajstić information content (AvgIpc) is 3.76. The average molecular weight is 669 g/mol. The minimum absolute atomic E-state index is 1.12. The van der Waals surface area contributed by atoms with Crippen molar-refractivity contribution in [2.24, 2.45) is 0 Å². The second-order valence-corrected chi connectivity index (χ2v) is 14.0. The van der Waals surface area contributed by atoms with Crippen LogP contribution in [0.25, 0.3) is 69.9 Å². The molecule has 0 fully saturated rings. The van der Waals surface area contributed by atoms with E-state index in [1.807, 2.05) is 11.3 Å². The van der Waals surface area contributed by atoms with Gasteiger partial charge in [-0.25, -0.2) is 0 Å². The predicted molar refractivity (Wildman–Crippen MR) is 219 cm³/mol. The lowest BCUT2D eigenvalue weighted by atomic mass is 9.94. The molecule has 0 aliphatic heterocycles. The Kier molecular flexibility index (Phi) is 7.04. The van der Waals surface area contributed by atoms with Crippen molar-refractivity contribution in [3.8, 4) is 27.9 Å². The Bertz CT molecular complexity index is 2850. The van der Waals surface area contributed by atoms with Crippen LogP contribution in [0.2, 0.25) is 0 Å². The fourth-order valence-electron chi connectivity index (χ4n) is 7.75. The number of para-hydroxylation sites is 2. The van der Waals surface area contributed by atoms with Crippen molar-refractivity contribution in [1.29, 1.82) is 0 Å². The summed E-state index contributed by atoms with van der Waals surface area (Å²) in [7, 11) is 0. The smallest absolute Gasteiger partial charge is 0.0640 e. The molecule has 2 nitrogen and oxygen atoms in total. The SMILES string of the molecule is c1ccc(-c2ccccc2-c2ccc(N(c3cccc4c3sc3ccccc34)c3cccc4c3c3ccccc3n4-c3ccccc3)cc2)cc1. The first-order valence-electron chi connectivity index (χ1n) is 17.4. The summed E-state index contributed by atoms with van der Waals surface area (Å²) in [6, 6.07) is 70.3. The van der Waals surface area contributed by atoms with E-state index >= 15 is 0 Å². The number of benzene rings is 8. The quantitative estimate of drug-likeness (QED) is 0.171. The van der Waals surface area contributed by atoms with E-state index in [1.54, 1.807) is 0 Å². The van der Waals surface area contributed by atoms with Gasteiger partial charge in [0.15, 0.2) is 0 Å². The van der Waals surface area contributed by atoms with Gasteiger partial charge in [-0.15, -0.1) is 11.3 Å². The Morgan fingerprint density at radius 3 is 1.75 bits per heavy atom. The van der Waals surface area contributed by atoms with Crippen molar-refractivity contribution in [1.82, 2.24) is 4.57 Å². The molecule has 0 unspecified atom stereocenters. The van der Waals surface area contributed by atoms with E-state index in [0.29, 0.717) is 0 Å². The molecule has 0 bridgehead atoms. The molecule has 0 saturated heterocycles. The van der Waals surface area contributed by atoms with Gasteiger partial charge in [-0.3, -0.25) is 0 Å². The predicted octanol–water partition coefficient (Wildman–Crippen LogP) is 14.0. The molecule has 10 rings (SSSR count). The Morgan fingerprint density at radius 1 is 0.392 bits per heavy atom. The number of thiophene rings is 1. The standard InChI is InChI=1S/C48H32N2S/c1-3-15-33(16-4-1)37-19-7-8-20-38(37)34-29-31-36(32-30-34)50(45-27-13-23-40-39-21-10-12-28-46(39)51-48(40)45)44-26-14-25-43-47(44)41-22-9-11-24-42(41)49(43)35-17-5-2-6-18-35/h1-32H. The molecule has 0 saturated carbocycles. The van der Waals surface area contributed by atoms with Gasteiger partial charge in [0.25, 0.3) is 0 Å². The maximum Gasteiger partial charge on any atom is 0.0640 e. The molecule has 2 aromatic heterocycles. The molecule has 0 spiro atoms. The van der Waals surface area contributed by atoms with Crippen molar-refractivity contribution in [3.05, 3.63) is 194 Å². The Morgan fingerprint density at radius 2 is 0.961 bits per heavy atom. The van der Waals surface area contributed by atoms with E-state index in [9.17, 15) is 0 Å². The molecule has 2 heterocycles. The fraction of sp³-hybridized carbons (Fsp3) is 0. The van der Waals surface area contributed by atoms with Gasteiger partial charge in [-0.1, -0.05) is 140 Å². The summed E-state index contributed by atoms with van der Waals surface area (Å²) in [6.45, 7) is 0. The third-order valence-corrected chi connectivity index (χ3v) is 11.2. The van der Waals surface area contributed by atoms with Gasteiger partial charge in [-0.2, -0.15) is 0 Å². The van der Waals surface area contributed by atoms with Crippen molar-refractivity contribution in [3.63, 3.8) is 0 Å². The van der Waals surface area contributed by atoms with Crippen molar-refractivity contribution in [2.75, 3.05) is 4.90 Å². The molecule has 3 heteroatoms. The van der Waals surface area contributed by atoms with E-state index in [2.05, 4.69) is 204 Å². The van der Waals surface area contributed by atoms with Crippen LogP contribution in [0.1, 0.15) is 0 Å². The maximum absolute atomic E-state index is 2.48. The van der Waals surface area contributed by atoms with Crippen LogP contribution in [0, 0.1) is 0 Å². The highest BCUT2D eigenvalue weighted by atomic mass is 32.1. The summed E-state index contributed by atoms with van der Waals surface area (Å²) in [5.74, 6) is 0. The number of aromatic nitrogens is 1. The summed E-state index contributed by atoms with van der Waals surface area (Å²) in [6.07, 6.45) is 0. The molecule has 0 aliphatic carbocycles. The summed E-state index contributed by atoms with van der Waals surface area (Å²) in [4.78, 5) is 2.48. The summed E-state index contributed by atoms with van der Waals surface area (Å²) in [5, 5.41) is 5.04. The van der Waals surface area contributed by atoms with Crippen LogP contribution in [0.4, 0.5) is 17.1 Å². The summed E-state index contributed by atoms with van der Waals surface area (Å²) >= 11 is 1.87. The summed E-state index contributed by atoms with van der Waals surface area (Å²) < 4.78 is 4.98. The summed E-state index contributed by atoms with van der Waals surface area (Å²) in [5.41, 5.74) is 11.8. The maximum atomic E-state index is 2.48. The topological polar surface area (TPSA) is 8.17 Å². The van der Waals surface area contributed by atoms with Crippen LogP contribution < -0.4 is 4.90 Å². The first-order chi connectivity index (χ1) is 25.3. The van der Waals surface area contributed by atoms with Gasteiger partial charge >= 0.3 is 0 Å². The van der Waals surface area contributed by atoms with E-state index in [4.69, 9.17) is 0 Å². The zero-order valence-electron chi connectivity index (χ0n) is 27.8. The third-order valence-electron chi connectivity index (χ3n) is 10.0. The number of hydrogen-bond donors (Lipinski definition) is 0. The van der Waals surface area contributed by atoms with Gasteiger partial charge < -0.3 is 9.47 Å². The minimum atomic E-state index is 1.12. The molecule has 0 radical (unpaired) electrons. The zero-order valence-corrected chi connectivity index (χ0v) is 28.6. The van der Waals surface area contributed by atoms with Gasteiger partial charge in [0, 0.05) is 37.6 Å². The lowest BCUT2D eigenvalue weighted by molar-refractivity contribution is 1.18. The second-order valence-electron chi connectivity index (χ2n) is 12.9. The highest BCUT2D eigenvalue weighted by Gasteiger charge is 2.23. The van der Waals surface area contributed by atoms with Gasteiger partial charge in [0.05, 0.1) is 27.1 Å². The molecule has 8 aromatic carbocycles. The molecular weight excluding hydrogens is 637 g/mol. The monoisotopic (exact) mass is 668 g/mol. The Hall–Kier alpha value is -6.42. The lowest BCUT2D eigenvalue weighted by Gasteiger charge is -2.27. The van der Waals surface area contributed by atoms with E-state index in [0.717, 1.165) is 17.1 Å². The van der Waals surface area contributed by atoms with E-state index in [1.165, 1.54) is 69.9 Å². The molecule has 0 amide bonds. The van der Waals surface area contributed by atoms with Gasteiger partial charge in [0.2, 0.25) is 0 Å².